The summed E-state index contributed by atoms with van der Waals surface area (Å²) in [7, 11) is 0. The van der Waals surface area contributed by atoms with Gasteiger partial charge in [-0.25, -0.2) is 0 Å². The Hall–Kier alpha value is -3.17. The summed E-state index contributed by atoms with van der Waals surface area (Å²) in [6, 6.07) is 16.8. The second-order valence-corrected chi connectivity index (χ2v) is 9.67. The Kier molecular flexibility index (Phi) is 7.97. The number of nitrogens with two attached hydrogens (primary N) is 1. The molecule has 0 aliphatic heterocycles. The normalized spacial score (nSPS) is 20.8. The third-order valence-electron chi connectivity index (χ3n) is 7.30. The number of benzene rings is 2. The van der Waals surface area contributed by atoms with Crippen molar-refractivity contribution in [2.24, 2.45) is 11.7 Å². The van der Waals surface area contributed by atoms with Crippen LogP contribution in [0.2, 0.25) is 0 Å². The van der Waals surface area contributed by atoms with E-state index in [1.54, 1.807) is 24.3 Å². The van der Waals surface area contributed by atoms with Crippen LogP contribution in [0.5, 0.6) is 0 Å². The lowest BCUT2D eigenvalue weighted by Crippen LogP contribution is -2.46. The summed E-state index contributed by atoms with van der Waals surface area (Å²) in [5, 5.41) is 12.0. The van der Waals surface area contributed by atoms with E-state index < -0.39 is 0 Å². The molecule has 178 valence electrons. The first-order chi connectivity index (χ1) is 16.5. The lowest BCUT2D eigenvalue weighted by Gasteiger charge is -2.39. The molecule has 2 aliphatic rings. The zero-order chi connectivity index (χ0) is 23.9. The molecule has 0 heterocycles. The Balaban J connectivity index is 1.54. The Bertz CT molecular complexity index is 1030. The summed E-state index contributed by atoms with van der Waals surface area (Å²) in [6.45, 7) is 0.485. The van der Waals surface area contributed by atoms with Crippen molar-refractivity contribution in [1.29, 1.82) is 5.26 Å². The molecule has 2 fully saturated rings. The number of nitriles is 1. The molecule has 0 bridgehead atoms. The highest BCUT2D eigenvalue weighted by atomic mass is 16.2. The fourth-order valence-corrected chi connectivity index (χ4v) is 5.24. The summed E-state index contributed by atoms with van der Waals surface area (Å²) in [5.41, 5.74) is 8.81. The average molecular weight is 459 g/mol. The monoisotopic (exact) mass is 458 g/mol. The van der Waals surface area contributed by atoms with E-state index in [4.69, 9.17) is 11.0 Å². The van der Waals surface area contributed by atoms with E-state index in [-0.39, 0.29) is 29.8 Å². The minimum atomic E-state index is -0.231. The van der Waals surface area contributed by atoms with Crippen LogP contribution < -0.4 is 11.1 Å². The molecule has 0 radical (unpaired) electrons. The van der Waals surface area contributed by atoms with Gasteiger partial charge in [0.1, 0.15) is 0 Å². The maximum atomic E-state index is 13.7. The van der Waals surface area contributed by atoms with Gasteiger partial charge in [-0.1, -0.05) is 37.5 Å². The standard InChI is InChI=1S/C28H34N4O2/c29-18-20-10-12-21(13-11-20)27(33)31-26-9-5-4-8-23(26)19-32(25-16-14-24(30)15-17-25)28(34)22-6-2-1-3-7-22/h4-5,8-13,22,24-25H,1-3,6-7,14-17,19,30H2,(H,31,33). The van der Waals surface area contributed by atoms with E-state index in [0.29, 0.717) is 23.4 Å². The smallest absolute Gasteiger partial charge is 0.255 e. The van der Waals surface area contributed by atoms with Crippen molar-refractivity contribution in [3.8, 4) is 6.07 Å². The van der Waals surface area contributed by atoms with Gasteiger partial charge in [0, 0.05) is 35.8 Å². The molecular weight excluding hydrogens is 424 g/mol. The number of amides is 2. The van der Waals surface area contributed by atoms with Crippen LogP contribution in [0.1, 0.15) is 79.3 Å². The van der Waals surface area contributed by atoms with Gasteiger partial charge in [-0.15, -0.1) is 0 Å². The van der Waals surface area contributed by atoms with E-state index in [1.807, 2.05) is 24.3 Å². The van der Waals surface area contributed by atoms with Crippen LogP contribution >= 0.6 is 0 Å². The van der Waals surface area contributed by atoms with E-state index in [2.05, 4.69) is 16.3 Å². The number of nitrogens with zero attached hydrogens (tertiary/aromatic N) is 2. The zero-order valence-electron chi connectivity index (χ0n) is 19.7. The van der Waals surface area contributed by atoms with Crippen molar-refractivity contribution in [2.75, 3.05) is 5.32 Å². The van der Waals surface area contributed by atoms with Crippen LogP contribution in [0.4, 0.5) is 5.69 Å². The molecule has 0 aromatic heterocycles. The summed E-state index contributed by atoms with van der Waals surface area (Å²) < 4.78 is 0. The van der Waals surface area contributed by atoms with Gasteiger partial charge >= 0.3 is 0 Å². The van der Waals surface area contributed by atoms with Gasteiger partial charge in [-0.05, 0) is 74.4 Å². The molecule has 4 rings (SSSR count). The number of anilines is 1. The van der Waals surface area contributed by atoms with Crippen LogP contribution in [-0.2, 0) is 11.3 Å². The molecule has 2 amide bonds. The van der Waals surface area contributed by atoms with Gasteiger partial charge in [0.25, 0.3) is 5.91 Å². The Morgan fingerprint density at radius 3 is 2.29 bits per heavy atom. The van der Waals surface area contributed by atoms with E-state index >= 15 is 0 Å². The molecule has 34 heavy (non-hydrogen) atoms. The molecule has 0 spiro atoms. The molecule has 2 aromatic carbocycles. The lowest BCUT2D eigenvalue weighted by atomic mass is 9.85. The molecule has 3 N–H and O–H groups in total. The topological polar surface area (TPSA) is 99.2 Å². The second-order valence-electron chi connectivity index (χ2n) is 9.67. The van der Waals surface area contributed by atoms with Crippen LogP contribution in [0.3, 0.4) is 0 Å². The molecule has 2 aromatic rings. The van der Waals surface area contributed by atoms with E-state index in [1.165, 1.54) is 6.42 Å². The number of carbonyl (C=O) groups is 2. The summed E-state index contributed by atoms with van der Waals surface area (Å²) in [6.07, 6.45) is 9.14. The van der Waals surface area contributed by atoms with E-state index in [9.17, 15) is 9.59 Å². The van der Waals surface area contributed by atoms with Crippen LogP contribution in [0.25, 0.3) is 0 Å². The predicted octanol–water partition coefficient (Wildman–Crippen LogP) is 4.99. The molecule has 6 nitrogen and oxygen atoms in total. The number of carbonyl (C=O) groups excluding carboxylic acids is 2. The maximum absolute atomic E-state index is 13.7. The van der Waals surface area contributed by atoms with Gasteiger partial charge in [-0.2, -0.15) is 5.26 Å². The summed E-state index contributed by atoms with van der Waals surface area (Å²) >= 11 is 0. The number of nitrogens with one attached hydrogen (secondary N) is 1. The van der Waals surface area contributed by atoms with Crippen molar-refractivity contribution in [3.63, 3.8) is 0 Å². The number of rotatable bonds is 6. The van der Waals surface area contributed by atoms with Crippen molar-refractivity contribution in [1.82, 2.24) is 4.90 Å². The van der Waals surface area contributed by atoms with Crippen molar-refractivity contribution >= 4 is 17.5 Å². The Morgan fingerprint density at radius 1 is 0.941 bits per heavy atom. The Labute approximate surface area is 202 Å². The highest BCUT2D eigenvalue weighted by Crippen LogP contribution is 2.31. The fourth-order valence-electron chi connectivity index (χ4n) is 5.24. The number of hydrogen-bond donors (Lipinski definition) is 2. The molecule has 0 unspecified atom stereocenters. The predicted molar refractivity (Wildman–Crippen MR) is 133 cm³/mol. The van der Waals surface area contributed by atoms with Crippen LogP contribution in [0, 0.1) is 17.2 Å². The first-order valence-corrected chi connectivity index (χ1v) is 12.5. The molecule has 2 saturated carbocycles. The SMILES string of the molecule is N#Cc1ccc(C(=O)Nc2ccccc2CN(C(=O)C2CCCCC2)C2CCC(N)CC2)cc1. The summed E-state index contributed by atoms with van der Waals surface area (Å²) in [5.74, 6) is 0.129. The van der Waals surface area contributed by atoms with Gasteiger partial charge < -0.3 is 16.0 Å². The molecular formula is C28H34N4O2. The maximum Gasteiger partial charge on any atom is 0.255 e. The van der Waals surface area contributed by atoms with Crippen molar-refractivity contribution in [2.45, 2.75) is 76.4 Å². The number of para-hydroxylation sites is 1. The quantitative estimate of drug-likeness (QED) is 0.637. The minimum Gasteiger partial charge on any atom is -0.335 e. The zero-order valence-corrected chi connectivity index (χ0v) is 19.7. The van der Waals surface area contributed by atoms with Gasteiger partial charge in [0.05, 0.1) is 11.6 Å². The highest BCUT2D eigenvalue weighted by Gasteiger charge is 2.33. The van der Waals surface area contributed by atoms with E-state index in [0.717, 1.165) is 56.9 Å². The van der Waals surface area contributed by atoms with Gasteiger partial charge in [0.2, 0.25) is 5.91 Å². The van der Waals surface area contributed by atoms with Gasteiger partial charge in [-0.3, -0.25) is 9.59 Å². The molecule has 2 aliphatic carbocycles. The second kappa shape index (κ2) is 11.3. The highest BCUT2D eigenvalue weighted by molar-refractivity contribution is 6.04. The molecule has 0 saturated heterocycles. The first-order valence-electron chi connectivity index (χ1n) is 12.5. The largest absolute Gasteiger partial charge is 0.335 e. The third-order valence-corrected chi connectivity index (χ3v) is 7.30. The Morgan fingerprint density at radius 2 is 1.62 bits per heavy atom. The first kappa shape index (κ1) is 24.0. The van der Waals surface area contributed by atoms with Crippen molar-refractivity contribution in [3.05, 3.63) is 65.2 Å². The minimum absolute atomic E-state index is 0.102. The van der Waals surface area contributed by atoms with Crippen LogP contribution in [0.15, 0.2) is 48.5 Å². The summed E-state index contributed by atoms with van der Waals surface area (Å²) in [4.78, 5) is 28.6. The fraction of sp³-hybridized carbons (Fsp3) is 0.464. The third kappa shape index (κ3) is 5.84. The van der Waals surface area contributed by atoms with Crippen molar-refractivity contribution < 1.29 is 9.59 Å². The van der Waals surface area contributed by atoms with Crippen LogP contribution in [-0.4, -0.2) is 28.8 Å². The van der Waals surface area contributed by atoms with Gasteiger partial charge in [0.15, 0.2) is 0 Å². The molecule has 6 heteroatoms. The average Bonchev–Trinajstić information content (AvgIpc) is 2.89. The number of hydrogen-bond acceptors (Lipinski definition) is 4. The molecule has 0 atom stereocenters. The lowest BCUT2D eigenvalue weighted by molar-refractivity contribution is -0.140.